The lowest BCUT2D eigenvalue weighted by Crippen LogP contribution is -2.24. The maximum absolute atomic E-state index is 5.76. The molecule has 1 fully saturated rings. The predicted octanol–water partition coefficient (Wildman–Crippen LogP) is 2.69. The summed E-state index contributed by atoms with van der Waals surface area (Å²) in [4.78, 5) is 6.79. The molecule has 4 nitrogen and oxygen atoms in total. The molecule has 1 aliphatic rings. The molecule has 100 valence electrons. The third-order valence-electron chi connectivity index (χ3n) is 3.56. The molecule has 0 radical (unpaired) electrons. The number of rotatable bonds is 3. The highest BCUT2D eigenvalue weighted by molar-refractivity contribution is 7.13. The molecule has 0 spiro atoms. The van der Waals surface area contributed by atoms with Crippen molar-refractivity contribution in [3.05, 3.63) is 41.4 Å². The Morgan fingerprint density at radius 1 is 1.37 bits per heavy atom. The quantitative estimate of drug-likeness (QED) is 0.935. The normalized spacial score (nSPS) is 22.9. The highest BCUT2D eigenvalue weighted by Crippen LogP contribution is 2.37. The number of nitrogens with two attached hydrogens (primary N) is 1. The van der Waals surface area contributed by atoms with Crippen LogP contribution in [-0.2, 0) is 4.74 Å². The summed E-state index contributed by atoms with van der Waals surface area (Å²) < 4.78 is 5.52. The minimum absolute atomic E-state index is 0.244. The molecule has 3 rings (SSSR count). The van der Waals surface area contributed by atoms with Gasteiger partial charge in [0.25, 0.3) is 0 Å². The minimum Gasteiger partial charge on any atom is -0.380 e. The first-order valence-corrected chi connectivity index (χ1v) is 7.21. The molecule has 1 aliphatic heterocycles. The molecule has 0 amide bonds. The molecule has 0 unspecified atom stereocenters. The molecule has 0 saturated carbocycles. The number of nitrogens with zero attached hydrogens (tertiary/aromatic N) is 2. The molecule has 2 heterocycles. The van der Waals surface area contributed by atoms with Gasteiger partial charge in [-0.15, -0.1) is 11.3 Å². The Labute approximate surface area is 116 Å². The van der Waals surface area contributed by atoms with Gasteiger partial charge in [0.05, 0.1) is 17.8 Å². The van der Waals surface area contributed by atoms with Crippen LogP contribution in [0.4, 0.5) is 10.8 Å². The maximum atomic E-state index is 5.76. The first-order valence-electron chi connectivity index (χ1n) is 6.33. The molecule has 0 bridgehead atoms. The van der Waals surface area contributed by atoms with Crippen LogP contribution in [0.3, 0.4) is 0 Å². The van der Waals surface area contributed by atoms with E-state index in [0.717, 1.165) is 18.7 Å². The second-order valence-electron chi connectivity index (χ2n) is 4.71. The fourth-order valence-electron chi connectivity index (χ4n) is 2.61. The van der Waals surface area contributed by atoms with Crippen LogP contribution in [0.1, 0.15) is 18.2 Å². The number of methoxy groups -OCH3 is 1. The van der Waals surface area contributed by atoms with Crippen molar-refractivity contribution in [1.29, 1.82) is 0 Å². The first-order chi connectivity index (χ1) is 9.28. The smallest absolute Gasteiger partial charge is 0.180 e. The molecule has 2 atom stereocenters. The Balaban J connectivity index is 1.92. The Bertz CT molecular complexity index is 543. The zero-order valence-electron chi connectivity index (χ0n) is 10.8. The van der Waals surface area contributed by atoms with Crippen LogP contribution in [0.2, 0.25) is 0 Å². The Kier molecular flexibility index (Phi) is 3.40. The van der Waals surface area contributed by atoms with Crippen molar-refractivity contribution in [2.45, 2.75) is 18.6 Å². The lowest BCUT2D eigenvalue weighted by Gasteiger charge is -2.25. The van der Waals surface area contributed by atoms with Crippen molar-refractivity contribution in [2.75, 3.05) is 24.3 Å². The van der Waals surface area contributed by atoms with E-state index in [0.29, 0.717) is 5.13 Å². The van der Waals surface area contributed by atoms with Crippen LogP contribution < -0.4 is 10.6 Å². The van der Waals surface area contributed by atoms with Crippen LogP contribution in [-0.4, -0.2) is 24.7 Å². The van der Waals surface area contributed by atoms with Gasteiger partial charge in [0.15, 0.2) is 5.13 Å². The number of hydrogen-bond acceptors (Lipinski definition) is 5. The number of para-hydroxylation sites is 1. The standard InChI is InChI=1S/C14H17N3OS/c1-18-11-7-13(12-9-19-14(15)16-12)17(8-11)10-5-3-2-4-6-10/h2-6,9,11,13H,7-8H2,1H3,(H2,15,16)/t11-,13+/m0/s1. The summed E-state index contributed by atoms with van der Waals surface area (Å²) >= 11 is 1.50. The number of thiazole rings is 1. The van der Waals surface area contributed by atoms with Gasteiger partial charge in [0, 0.05) is 31.1 Å². The number of anilines is 2. The number of ether oxygens (including phenoxy) is 1. The molecule has 2 N–H and O–H groups in total. The van der Waals surface area contributed by atoms with E-state index in [2.05, 4.69) is 34.1 Å². The topological polar surface area (TPSA) is 51.4 Å². The van der Waals surface area contributed by atoms with Crippen molar-refractivity contribution < 1.29 is 4.74 Å². The van der Waals surface area contributed by atoms with Gasteiger partial charge in [-0.25, -0.2) is 4.98 Å². The number of aromatic nitrogens is 1. The number of nitrogen functional groups attached to an aromatic ring is 1. The lowest BCUT2D eigenvalue weighted by atomic mass is 10.1. The molecule has 0 aliphatic carbocycles. The van der Waals surface area contributed by atoms with Crippen LogP contribution >= 0.6 is 11.3 Å². The molecular formula is C14H17N3OS. The summed E-state index contributed by atoms with van der Waals surface area (Å²) in [6.45, 7) is 0.891. The van der Waals surface area contributed by atoms with Crippen LogP contribution in [0.5, 0.6) is 0 Å². The van der Waals surface area contributed by atoms with E-state index in [4.69, 9.17) is 10.5 Å². The monoisotopic (exact) mass is 275 g/mol. The zero-order chi connectivity index (χ0) is 13.2. The second kappa shape index (κ2) is 5.19. The molecule has 5 heteroatoms. The maximum Gasteiger partial charge on any atom is 0.180 e. The Morgan fingerprint density at radius 3 is 2.79 bits per heavy atom. The van der Waals surface area contributed by atoms with Gasteiger partial charge >= 0.3 is 0 Å². The SMILES string of the molecule is CO[C@H]1C[C@H](c2csc(N)n2)N(c2ccccc2)C1. The average molecular weight is 275 g/mol. The third kappa shape index (κ3) is 2.43. The highest BCUT2D eigenvalue weighted by Gasteiger charge is 2.34. The van der Waals surface area contributed by atoms with Crippen LogP contribution in [0.15, 0.2) is 35.7 Å². The van der Waals surface area contributed by atoms with Gasteiger partial charge in [-0.2, -0.15) is 0 Å². The summed E-state index contributed by atoms with van der Waals surface area (Å²) in [6.07, 6.45) is 1.20. The number of hydrogen-bond donors (Lipinski definition) is 1. The fourth-order valence-corrected chi connectivity index (χ4v) is 3.22. The van der Waals surface area contributed by atoms with Crippen LogP contribution in [0.25, 0.3) is 0 Å². The van der Waals surface area contributed by atoms with Crippen molar-refractivity contribution in [3.8, 4) is 0 Å². The van der Waals surface area contributed by atoms with E-state index >= 15 is 0 Å². The van der Waals surface area contributed by atoms with Gasteiger partial charge in [-0.3, -0.25) is 0 Å². The predicted molar refractivity (Wildman–Crippen MR) is 78.5 cm³/mol. The largest absolute Gasteiger partial charge is 0.380 e. The van der Waals surface area contributed by atoms with Gasteiger partial charge in [-0.05, 0) is 12.1 Å². The van der Waals surface area contributed by atoms with Crippen LogP contribution in [0, 0.1) is 0 Å². The van der Waals surface area contributed by atoms with Crippen molar-refractivity contribution in [2.24, 2.45) is 0 Å². The van der Waals surface area contributed by atoms with E-state index in [-0.39, 0.29) is 12.1 Å². The second-order valence-corrected chi connectivity index (χ2v) is 5.60. The Hall–Kier alpha value is -1.59. The molecular weight excluding hydrogens is 258 g/mol. The minimum atomic E-state index is 0.244. The molecule has 1 saturated heterocycles. The summed E-state index contributed by atoms with van der Waals surface area (Å²) in [7, 11) is 1.77. The fraction of sp³-hybridized carbons (Fsp3) is 0.357. The summed E-state index contributed by atoms with van der Waals surface area (Å²) in [5, 5.41) is 2.68. The zero-order valence-corrected chi connectivity index (χ0v) is 11.6. The Morgan fingerprint density at radius 2 is 2.16 bits per heavy atom. The van der Waals surface area contributed by atoms with E-state index in [1.54, 1.807) is 7.11 Å². The number of benzene rings is 1. The third-order valence-corrected chi connectivity index (χ3v) is 4.26. The summed E-state index contributed by atoms with van der Waals surface area (Å²) in [6, 6.07) is 10.6. The first kappa shape index (κ1) is 12.4. The lowest BCUT2D eigenvalue weighted by molar-refractivity contribution is 0.118. The van der Waals surface area contributed by atoms with Gasteiger partial charge in [-0.1, -0.05) is 18.2 Å². The van der Waals surface area contributed by atoms with E-state index in [1.807, 2.05) is 11.4 Å². The van der Waals surface area contributed by atoms with Gasteiger partial charge < -0.3 is 15.4 Å². The van der Waals surface area contributed by atoms with E-state index in [1.165, 1.54) is 17.0 Å². The summed E-state index contributed by atoms with van der Waals surface area (Å²) in [5.41, 5.74) is 8.01. The molecule has 2 aromatic rings. The highest BCUT2D eigenvalue weighted by atomic mass is 32.1. The van der Waals surface area contributed by atoms with E-state index in [9.17, 15) is 0 Å². The summed E-state index contributed by atoms with van der Waals surface area (Å²) in [5.74, 6) is 0. The van der Waals surface area contributed by atoms with Crippen molar-refractivity contribution in [3.63, 3.8) is 0 Å². The molecule has 1 aromatic heterocycles. The van der Waals surface area contributed by atoms with E-state index < -0.39 is 0 Å². The molecule has 1 aromatic carbocycles. The van der Waals surface area contributed by atoms with Crippen molar-refractivity contribution in [1.82, 2.24) is 4.98 Å². The average Bonchev–Trinajstić information content (AvgIpc) is 3.05. The van der Waals surface area contributed by atoms with Gasteiger partial charge in [0.1, 0.15) is 0 Å². The van der Waals surface area contributed by atoms with Crippen molar-refractivity contribution >= 4 is 22.2 Å². The molecule has 19 heavy (non-hydrogen) atoms. The van der Waals surface area contributed by atoms with Gasteiger partial charge in [0.2, 0.25) is 0 Å².